The van der Waals surface area contributed by atoms with Gasteiger partial charge in [-0.25, -0.2) is 0 Å². The number of rotatable bonds is 2. The maximum atomic E-state index is 4.63. The zero-order chi connectivity index (χ0) is 14.3. The summed E-state index contributed by atoms with van der Waals surface area (Å²) in [6.07, 6.45) is 1.82. The van der Waals surface area contributed by atoms with Crippen molar-refractivity contribution < 1.29 is 0 Å². The molecule has 2 aromatic rings. The molecule has 0 spiro atoms. The van der Waals surface area contributed by atoms with Crippen LogP contribution in [0.5, 0.6) is 0 Å². The Labute approximate surface area is 118 Å². The van der Waals surface area contributed by atoms with Crippen molar-refractivity contribution in [3.05, 3.63) is 11.9 Å². The van der Waals surface area contributed by atoms with Gasteiger partial charge < -0.3 is 10.2 Å². The van der Waals surface area contributed by atoms with E-state index in [0.29, 0.717) is 12.1 Å². The van der Waals surface area contributed by atoms with E-state index >= 15 is 0 Å². The molecule has 1 aliphatic heterocycles. The molecule has 3 rings (SSSR count). The van der Waals surface area contributed by atoms with Gasteiger partial charge in [-0.05, 0) is 20.8 Å². The second-order valence-corrected chi connectivity index (χ2v) is 5.63. The minimum Gasteiger partial charge on any atom is -0.336 e. The molecule has 7 heteroatoms. The Morgan fingerprint density at radius 1 is 1.25 bits per heavy atom. The molecule has 7 nitrogen and oxygen atoms in total. The molecule has 2 N–H and O–H groups in total. The number of nitrogens with zero attached hydrogens (tertiary/aromatic N) is 5. The third-order valence-corrected chi connectivity index (χ3v) is 3.80. The molecule has 1 aliphatic rings. The monoisotopic (exact) mass is 275 g/mol. The smallest absolute Gasteiger partial charge is 0.245 e. The van der Waals surface area contributed by atoms with E-state index in [1.807, 2.05) is 24.9 Å². The maximum absolute atomic E-state index is 4.63. The van der Waals surface area contributed by atoms with E-state index in [1.54, 1.807) is 0 Å². The lowest BCUT2D eigenvalue weighted by Gasteiger charge is -2.35. The van der Waals surface area contributed by atoms with Crippen molar-refractivity contribution in [1.82, 2.24) is 30.3 Å². The number of aryl methyl sites for hydroxylation is 1. The van der Waals surface area contributed by atoms with E-state index in [0.717, 1.165) is 36.1 Å². The molecule has 20 heavy (non-hydrogen) atoms. The van der Waals surface area contributed by atoms with Crippen LogP contribution < -0.4 is 10.2 Å². The standard InChI is InChI=1S/C13H21N7/c1-8-6-20(7-9(2)15-8)13-16-12(17-18-13)11-5-14-19(4)10(11)3/h5,8-9,15H,6-7H2,1-4H3,(H,16,17,18). The average molecular weight is 275 g/mol. The van der Waals surface area contributed by atoms with Crippen LogP contribution in [0.15, 0.2) is 6.20 Å². The van der Waals surface area contributed by atoms with Gasteiger partial charge in [-0.1, -0.05) is 0 Å². The SMILES string of the molecule is Cc1c(-c2nc(N3CC(C)NC(C)C3)n[nH]2)cnn1C. The van der Waals surface area contributed by atoms with Crippen LogP contribution in [0.2, 0.25) is 0 Å². The fraction of sp³-hybridized carbons (Fsp3) is 0.615. The highest BCUT2D eigenvalue weighted by atomic mass is 15.4. The zero-order valence-electron chi connectivity index (χ0n) is 12.4. The second-order valence-electron chi connectivity index (χ2n) is 5.63. The summed E-state index contributed by atoms with van der Waals surface area (Å²) in [5, 5.41) is 15.1. The van der Waals surface area contributed by atoms with Crippen LogP contribution >= 0.6 is 0 Å². The number of nitrogens with one attached hydrogen (secondary N) is 2. The highest BCUT2D eigenvalue weighted by Crippen LogP contribution is 2.21. The van der Waals surface area contributed by atoms with Crippen molar-refractivity contribution in [1.29, 1.82) is 0 Å². The number of aromatic amines is 1. The van der Waals surface area contributed by atoms with Crippen LogP contribution in [-0.4, -0.2) is 50.1 Å². The molecule has 2 unspecified atom stereocenters. The molecule has 108 valence electrons. The molecule has 0 aliphatic carbocycles. The first kappa shape index (κ1) is 13.1. The lowest BCUT2D eigenvalue weighted by Crippen LogP contribution is -2.54. The molecule has 2 aromatic heterocycles. The van der Waals surface area contributed by atoms with Crippen molar-refractivity contribution in [2.24, 2.45) is 7.05 Å². The lowest BCUT2D eigenvalue weighted by molar-refractivity contribution is 0.403. The summed E-state index contributed by atoms with van der Waals surface area (Å²) in [6.45, 7) is 8.24. The van der Waals surface area contributed by atoms with E-state index < -0.39 is 0 Å². The van der Waals surface area contributed by atoms with Gasteiger partial charge in [0.15, 0.2) is 5.82 Å². The number of piperazine rings is 1. The van der Waals surface area contributed by atoms with Crippen LogP contribution in [0.1, 0.15) is 19.5 Å². The normalized spacial score (nSPS) is 23.3. The van der Waals surface area contributed by atoms with Gasteiger partial charge >= 0.3 is 0 Å². The Morgan fingerprint density at radius 3 is 2.55 bits per heavy atom. The maximum Gasteiger partial charge on any atom is 0.245 e. The van der Waals surface area contributed by atoms with Crippen molar-refractivity contribution in [3.63, 3.8) is 0 Å². The van der Waals surface area contributed by atoms with E-state index in [2.05, 4.69) is 44.3 Å². The summed E-state index contributed by atoms with van der Waals surface area (Å²) < 4.78 is 1.84. The fourth-order valence-corrected chi connectivity index (χ4v) is 2.74. The molecule has 0 saturated carbocycles. The first-order chi connectivity index (χ1) is 9.54. The number of H-pyrrole nitrogens is 1. The van der Waals surface area contributed by atoms with Crippen LogP contribution in [-0.2, 0) is 7.05 Å². The van der Waals surface area contributed by atoms with Crippen LogP contribution in [0, 0.1) is 6.92 Å². The first-order valence-corrected chi connectivity index (χ1v) is 6.97. The van der Waals surface area contributed by atoms with Crippen LogP contribution in [0.25, 0.3) is 11.4 Å². The van der Waals surface area contributed by atoms with Crippen LogP contribution in [0.4, 0.5) is 5.95 Å². The molecular formula is C13H21N7. The number of hydrogen-bond acceptors (Lipinski definition) is 5. The largest absolute Gasteiger partial charge is 0.336 e. The lowest BCUT2D eigenvalue weighted by atomic mass is 10.1. The minimum absolute atomic E-state index is 0.445. The Bertz CT molecular complexity index is 590. The summed E-state index contributed by atoms with van der Waals surface area (Å²) in [4.78, 5) is 6.85. The molecule has 2 atom stereocenters. The van der Waals surface area contributed by atoms with E-state index in [1.165, 1.54) is 0 Å². The zero-order valence-corrected chi connectivity index (χ0v) is 12.4. The number of aromatic nitrogens is 5. The van der Waals surface area contributed by atoms with Gasteiger partial charge in [0.25, 0.3) is 0 Å². The van der Waals surface area contributed by atoms with Crippen molar-refractivity contribution in [2.45, 2.75) is 32.9 Å². The fourth-order valence-electron chi connectivity index (χ4n) is 2.74. The number of hydrogen-bond donors (Lipinski definition) is 2. The van der Waals surface area contributed by atoms with Gasteiger partial charge in [0.05, 0.1) is 11.8 Å². The van der Waals surface area contributed by atoms with Crippen LogP contribution in [0.3, 0.4) is 0 Å². The third-order valence-electron chi connectivity index (χ3n) is 3.80. The molecular weight excluding hydrogens is 254 g/mol. The Hall–Kier alpha value is -1.89. The average Bonchev–Trinajstić information content (AvgIpc) is 2.97. The van der Waals surface area contributed by atoms with E-state index in [9.17, 15) is 0 Å². The Kier molecular flexibility index (Phi) is 3.21. The third kappa shape index (κ3) is 2.29. The van der Waals surface area contributed by atoms with E-state index in [-0.39, 0.29) is 0 Å². The molecule has 1 fully saturated rings. The molecule has 0 radical (unpaired) electrons. The summed E-state index contributed by atoms with van der Waals surface area (Å²) in [6, 6.07) is 0.890. The van der Waals surface area contributed by atoms with Gasteiger partial charge in [-0.15, -0.1) is 5.10 Å². The molecule has 0 amide bonds. The molecule has 3 heterocycles. The summed E-state index contributed by atoms with van der Waals surface area (Å²) in [5.41, 5.74) is 2.08. The van der Waals surface area contributed by atoms with Gasteiger partial charge in [-0.2, -0.15) is 10.1 Å². The van der Waals surface area contributed by atoms with Gasteiger partial charge in [0, 0.05) is 37.9 Å². The first-order valence-electron chi connectivity index (χ1n) is 6.97. The summed E-state index contributed by atoms with van der Waals surface area (Å²) in [7, 11) is 1.93. The molecule has 0 aromatic carbocycles. The second kappa shape index (κ2) is 4.90. The quantitative estimate of drug-likeness (QED) is 0.844. The summed E-state index contributed by atoms with van der Waals surface area (Å²) >= 11 is 0. The van der Waals surface area contributed by atoms with E-state index in [4.69, 9.17) is 0 Å². The Morgan fingerprint density at radius 2 is 1.95 bits per heavy atom. The molecule has 0 bridgehead atoms. The topological polar surface area (TPSA) is 74.7 Å². The highest BCUT2D eigenvalue weighted by molar-refractivity contribution is 5.58. The summed E-state index contributed by atoms with van der Waals surface area (Å²) in [5.74, 6) is 1.55. The van der Waals surface area contributed by atoms with Crippen molar-refractivity contribution in [2.75, 3.05) is 18.0 Å². The highest BCUT2D eigenvalue weighted by Gasteiger charge is 2.24. The van der Waals surface area contributed by atoms with Gasteiger partial charge in [0.2, 0.25) is 5.95 Å². The van der Waals surface area contributed by atoms with Gasteiger partial charge in [0.1, 0.15) is 0 Å². The molecule has 1 saturated heterocycles. The van der Waals surface area contributed by atoms with Crippen molar-refractivity contribution in [3.8, 4) is 11.4 Å². The predicted octanol–water partition coefficient (Wildman–Crippen LogP) is 0.700. The minimum atomic E-state index is 0.445. The van der Waals surface area contributed by atoms with Gasteiger partial charge in [-0.3, -0.25) is 9.78 Å². The van der Waals surface area contributed by atoms with Crippen molar-refractivity contribution >= 4 is 5.95 Å². The Balaban J connectivity index is 1.85. The number of anilines is 1. The predicted molar refractivity (Wildman–Crippen MR) is 77.6 cm³/mol.